The molecule has 1 fully saturated rings. The standard InChI is InChI=1S/C19H22N4OS/c20-10-14-6-7-21-18(9-14)24-13-15-3-2-8-23(11-15)12-19-22-16-4-1-5-17(16)25-19/h6-7,9,15H,1-5,8,11-13H2. The third-order valence-electron chi connectivity index (χ3n) is 4.93. The van der Waals surface area contributed by atoms with E-state index in [1.54, 1.807) is 18.3 Å². The van der Waals surface area contributed by atoms with E-state index in [0.29, 0.717) is 24.0 Å². The summed E-state index contributed by atoms with van der Waals surface area (Å²) < 4.78 is 5.83. The minimum atomic E-state index is 0.508. The van der Waals surface area contributed by atoms with Crippen LogP contribution >= 0.6 is 11.3 Å². The van der Waals surface area contributed by atoms with Crippen LogP contribution in [0.15, 0.2) is 18.3 Å². The van der Waals surface area contributed by atoms with E-state index in [1.165, 1.54) is 41.3 Å². The van der Waals surface area contributed by atoms with Crippen LogP contribution in [0, 0.1) is 17.2 Å². The summed E-state index contributed by atoms with van der Waals surface area (Å²) in [4.78, 5) is 13.0. The Bertz CT molecular complexity index is 760. The van der Waals surface area contributed by atoms with E-state index >= 15 is 0 Å². The molecule has 1 aliphatic carbocycles. The first-order valence-corrected chi connectivity index (χ1v) is 9.80. The molecule has 5 nitrogen and oxygen atoms in total. The van der Waals surface area contributed by atoms with Crippen LogP contribution in [-0.2, 0) is 19.4 Å². The number of aromatic nitrogens is 2. The van der Waals surface area contributed by atoms with Gasteiger partial charge in [0.2, 0.25) is 5.88 Å². The molecule has 2 aromatic heterocycles. The van der Waals surface area contributed by atoms with Gasteiger partial charge in [-0.1, -0.05) is 0 Å². The van der Waals surface area contributed by atoms with Crippen LogP contribution in [0.25, 0.3) is 0 Å². The Morgan fingerprint density at radius 2 is 2.32 bits per heavy atom. The van der Waals surface area contributed by atoms with E-state index in [0.717, 1.165) is 26.1 Å². The van der Waals surface area contributed by atoms with Crippen molar-refractivity contribution in [3.05, 3.63) is 39.5 Å². The maximum absolute atomic E-state index is 8.95. The second-order valence-electron chi connectivity index (χ2n) is 6.88. The van der Waals surface area contributed by atoms with Crippen molar-refractivity contribution in [2.75, 3.05) is 19.7 Å². The first-order valence-electron chi connectivity index (χ1n) is 8.99. The summed E-state index contributed by atoms with van der Waals surface area (Å²) in [7, 11) is 0. The summed E-state index contributed by atoms with van der Waals surface area (Å²) in [6.07, 6.45) is 7.67. The zero-order chi connectivity index (χ0) is 17.1. The molecule has 0 radical (unpaired) electrons. The summed E-state index contributed by atoms with van der Waals surface area (Å²) in [6.45, 7) is 3.81. The van der Waals surface area contributed by atoms with E-state index in [1.807, 2.05) is 11.3 Å². The Kier molecular flexibility index (Phi) is 4.95. The predicted octanol–water partition coefficient (Wildman–Crippen LogP) is 3.19. The van der Waals surface area contributed by atoms with Crippen molar-refractivity contribution in [2.45, 2.75) is 38.6 Å². The fourth-order valence-corrected chi connectivity index (χ4v) is 4.89. The molecule has 1 atom stereocenters. The maximum atomic E-state index is 8.95. The summed E-state index contributed by atoms with van der Waals surface area (Å²) >= 11 is 1.91. The van der Waals surface area contributed by atoms with Crippen molar-refractivity contribution in [1.82, 2.24) is 14.9 Å². The average Bonchev–Trinajstić information content (AvgIpc) is 3.22. The monoisotopic (exact) mass is 354 g/mol. The van der Waals surface area contributed by atoms with Gasteiger partial charge >= 0.3 is 0 Å². The van der Waals surface area contributed by atoms with Gasteiger partial charge in [-0.2, -0.15) is 5.26 Å². The molecule has 0 amide bonds. The van der Waals surface area contributed by atoms with Gasteiger partial charge in [-0.3, -0.25) is 4.90 Å². The molecule has 3 heterocycles. The van der Waals surface area contributed by atoms with Gasteiger partial charge in [-0.15, -0.1) is 11.3 Å². The third kappa shape index (κ3) is 4.00. The Balaban J connectivity index is 1.30. The summed E-state index contributed by atoms with van der Waals surface area (Å²) in [6, 6.07) is 5.52. The zero-order valence-corrected chi connectivity index (χ0v) is 15.1. The lowest BCUT2D eigenvalue weighted by molar-refractivity contribution is 0.123. The number of pyridine rings is 1. The minimum Gasteiger partial charge on any atom is -0.477 e. The van der Waals surface area contributed by atoms with Crippen molar-refractivity contribution < 1.29 is 4.74 Å². The number of hydrogen-bond acceptors (Lipinski definition) is 6. The summed E-state index contributed by atoms with van der Waals surface area (Å²) in [5.74, 6) is 1.06. The van der Waals surface area contributed by atoms with Gasteiger partial charge in [0.1, 0.15) is 5.01 Å². The van der Waals surface area contributed by atoms with Gasteiger partial charge in [0.05, 0.1) is 30.5 Å². The molecule has 25 heavy (non-hydrogen) atoms. The van der Waals surface area contributed by atoms with Crippen molar-refractivity contribution >= 4 is 11.3 Å². The van der Waals surface area contributed by atoms with Crippen LogP contribution in [-0.4, -0.2) is 34.6 Å². The van der Waals surface area contributed by atoms with Crippen LogP contribution < -0.4 is 4.74 Å². The number of aryl methyl sites for hydroxylation is 2. The van der Waals surface area contributed by atoms with Gasteiger partial charge in [0.25, 0.3) is 0 Å². The number of hydrogen-bond donors (Lipinski definition) is 0. The molecule has 130 valence electrons. The second kappa shape index (κ2) is 7.51. The minimum absolute atomic E-state index is 0.508. The molecule has 1 saturated heterocycles. The lowest BCUT2D eigenvalue weighted by atomic mass is 9.99. The molecule has 6 heteroatoms. The summed E-state index contributed by atoms with van der Waals surface area (Å²) in [5.41, 5.74) is 1.94. The number of nitrogens with zero attached hydrogens (tertiary/aromatic N) is 4. The molecule has 0 N–H and O–H groups in total. The Morgan fingerprint density at radius 3 is 3.20 bits per heavy atom. The molecular weight excluding hydrogens is 332 g/mol. The van der Waals surface area contributed by atoms with Gasteiger partial charge < -0.3 is 4.74 Å². The average molecular weight is 354 g/mol. The van der Waals surface area contributed by atoms with E-state index < -0.39 is 0 Å². The van der Waals surface area contributed by atoms with Crippen molar-refractivity contribution in [3.8, 4) is 11.9 Å². The normalized spacial score (nSPS) is 20.2. The topological polar surface area (TPSA) is 62.0 Å². The molecule has 0 spiro atoms. The van der Waals surface area contributed by atoms with Crippen LogP contribution in [0.2, 0.25) is 0 Å². The van der Waals surface area contributed by atoms with E-state index in [-0.39, 0.29) is 0 Å². The number of nitriles is 1. The lowest BCUT2D eigenvalue weighted by Gasteiger charge is -2.31. The smallest absolute Gasteiger partial charge is 0.214 e. The molecule has 1 unspecified atom stereocenters. The highest BCUT2D eigenvalue weighted by Crippen LogP contribution is 2.29. The van der Waals surface area contributed by atoms with Crippen molar-refractivity contribution in [2.24, 2.45) is 5.92 Å². The van der Waals surface area contributed by atoms with E-state index in [4.69, 9.17) is 15.0 Å². The van der Waals surface area contributed by atoms with Crippen LogP contribution in [0.5, 0.6) is 5.88 Å². The van der Waals surface area contributed by atoms with E-state index in [9.17, 15) is 0 Å². The highest BCUT2D eigenvalue weighted by Gasteiger charge is 2.23. The van der Waals surface area contributed by atoms with Crippen LogP contribution in [0.4, 0.5) is 0 Å². The van der Waals surface area contributed by atoms with Crippen molar-refractivity contribution in [1.29, 1.82) is 5.26 Å². The van der Waals surface area contributed by atoms with Gasteiger partial charge in [-0.05, 0) is 44.7 Å². The highest BCUT2D eigenvalue weighted by atomic mass is 32.1. The number of fused-ring (bicyclic) bond motifs is 1. The van der Waals surface area contributed by atoms with Gasteiger partial charge in [0.15, 0.2) is 0 Å². The fraction of sp³-hybridized carbons (Fsp3) is 0.526. The zero-order valence-electron chi connectivity index (χ0n) is 14.3. The Labute approximate surface area is 152 Å². The number of ether oxygens (including phenoxy) is 1. The van der Waals surface area contributed by atoms with Gasteiger partial charge in [0, 0.05) is 29.6 Å². The first kappa shape index (κ1) is 16.5. The fourth-order valence-electron chi connectivity index (χ4n) is 3.69. The molecule has 0 aromatic carbocycles. The molecule has 0 saturated carbocycles. The SMILES string of the molecule is N#Cc1ccnc(OCC2CCCN(Cc3nc4c(s3)CCC4)C2)c1. The lowest BCUT2D eigenvalue weighted by Crippen LogP contribution is -2.37. The molecule has 0 bridgehead atoms. The molecule has 2 aromatic rings. The molecular formula is C19H22N4OS. The van der Waals surface area contributed by atoms with Gasteiger partial charge in [-0.25, -0.2) is 9.97 Å². The number of rotatable bonds is 5. The highest BCUT2D eigenvalue weighted by molar-refractivity contribution is 7.11. The number of thiazole rings is 1. The van der Waals surface area contributed by atoms with Crippen molar-refractivity contribution in [3.63, 3.8) is 0 Å². The molecule has 4 rings (SSSR count). The number of likely N-dealkylation sites (tertiary alicyclic amines) is 1. The van der Waals surface area contributed by atoms with Crippen LogP contribution in [0.3, 0.4) is 0 Å². The van der Waals surface area contributed by atoms with Crippen LogP contribution in [0.1, 0.15) is 40.4 Å². The third-order valence-corrected chi connectivity index (χ3v) is 6.07. The Hall–Kier alpha value is -1.97. The second-order valence-corrected chi connectivity index (χ2v) is 8.05. The molecule has 1 aliphatic heterocycles. The maximum Gasteiger partial charge on any atom is 0.214 e. The predicted molar refractivity (Wildman–Crippen MR) is 96.6 cm³/mol. The number of piperidine rings is 1. The molecule has 2 aliphatic rings. The Morgan fingerprint density at radius 1 is 1.36 bits per heavy atom. The van der Waals surface area contributed by atoms with E-state index in [2.05, 4.69) is 16.0 Å². The summed E-state index contributed by atoms with van der Waals surface area (Å²) in [5, 5.41) is 10.2. The quantitative estimate of drug-likeness (QED) is 0.825. The largest absolute Gasteiger partial charge is 0.477 e. The first-order chi connectivity index (χ1) is 12.3.